The zero-order valence-corrected chi connectivity index (χ0v) is 19.7. The van der Waals surface area contributed by atoms with E-state index in [-0.39, 0.29) is 18.0 Å². The van der Waals surface area contributed by atoms with E-state index in [9.17, 15) is 13.2 Å². The Bertz CT molecular complexity index is 1240. The minimum Gasteiger partial charge on any atom is -0.468 e. The summed E-state index contributed by atoms with van der Waals surface area (Å²) >= 11 is 0. The molecule has 1 unspecified atom stereocenters. The number of nitrogens with one attached hydrogen (secondary N) is 2. The number of aromatic nitrogens is 4. The maximum Gasteiger partial charge on any atom is 0.324 e. The third-order valence-corrected chi connectivity index (χ3v) is 6.50. The van der Waals surface area contributed by atoms with Gasteiger partial charge >= 0.3 is 5.97 Å². The second-order valence-electron chi connectivity index (χ2n) is 7.61. The van der Waals surface area contributed by atoms with Gasteiger partial charge in [-0.1, -0.05) is 37.6 Å². The van der Waals surface area contributed by atoms with E-state index in [1.54, 1.807) is 35.0 Å². The molecule has 0 aliphatic carbocycles. The number of carbonyl (C=O) groups is 1. The number of carbonyl (C=O) groups excluding carboxylic acids is 1. The smallest absolute Gasteiger partial charge is 0.324 e. The van der Waals surface area contributed by atoms with Crippen LogP contribution in [-0.4, -0.2) is 58.9 Å². The molecule has 12 heteroatoms. The summed E-state index contributed by atoms with van der Waals surface area (Å²) in [5.74, 6) is -0.257. The number of nitrogen functional groups attached to an aromatic ring is 1. The van der Waals surface area contributed by atoms with Crippen LogP contribution in [0.2, 0.25) is 0 Å². The molecule has 0 amide bonds. The monoisotopic (exact) mass is 485 g/mol. The molecule has 180 valence electrons. The number of hydrogen-bond acceptors (Lipinski definition) is 8. The van der Waals surface area contributed by atoms with Crippen molar-refractivity contribution >= 4 is 21.8 Å². The number of unbranched alkanes of at least 4 members (excludes halogenated alkanes) is 1. The van der Waals surface area contributed by atoms with E-state index in [1.807, 2.05) is 19.1 Å². The average Bonchev–Trinajstić information content (AvgIpc) is 3.30. The highest BCUT2D eigenvalue weighted by atomic mass is 32.2. The minimum absolute atomic E-state index is 0.00732. The van der Waals surface area contributed by atoms with E-state index >= 15 is 0 Å². The number of rotatable bonds is 11. The van der Waals surface area contributed by atoms with Gasteiger partial charge in [-0.15, -0.1) is 10.2 Å². The maximum atomic E-state index is 12.3. The van der Waals surface area contributed by atoms with Crippen LogP contribution in [0.1, 0.15) is 31.0 Å². The zero-order valence-electron chi connectivity index (χ0n) is 18.9. The van der Waals surface area contributed by atoms with Crippen molar-refractivity contribution in [3.05, 3.63) is 60.2 Å². The average molecular weight is 486 g/mol. The molecule has 4 N–H and O–H groups in total. The van der Waals surface area contributed by atoms with E-state index in [0.717, 1.165) is 12.0 Å². The van der Waals surface area contributed by atoms with Crippen LogP contribution in [0.3, 0.4) is 0 Å². The molecule has 0 aliphatic rings. The third-order valence-electron chi connectivity index (χ3n) is 5.03. The van der Waals surface area contributed by atoms with Crippen LogP contribution in [0, 0.1) is 5.41 Å². The summed E-state index contributed by atoms with van der Waals surface area (Å²) in [6.07, 6.45) is 4.41. The number of amidine groups is 1. The van der Waals surface area contributed by atoms with Gasteiger partial charge in [-0.05, 0) is 18.6 Å². The molecule has 0 radical (unpaired) electrons. The van der Waals surface area contributed by atoms with E-state index in [1.165, 1.54) is 13.4 Å². The van der Waals surface area contributed by atoms with Gasteiger partial charge in [-0.2, -0.15) is 0 Å². The van der Waals surface area contributed by atoms with E-state index in [2.05, 4.69) is 19.9 Å². The number of nitrogens with two attached hydrogens (primary N) is 1. The van der Waals surface area contributed by atoms with Crippen molar-refractivity contribution in [3.8, 4) is 17.1 Å². The van der Waals surface area contributed by atoms with Gasteiger partial charge < -0.3 is 10.5 Å². The predicted octanol–water partition coefficient (Wildman–Crippen LogP) is 1.42. The number of methoxy groups -OCH3 is 1. The Morgan fingerprint density at radius 3 is 2.53 bits per heavy atom. The van der Waals surface area contributed by atoms with Crippen molar-refractivity contribution in [2.45, 2.75) is 32.2 Å². The zero-order chi connectivity index (χ0) is 24.7. The molecular formula is C22H27N7O4S. The molecule has 2 heterocycles. The van der Waals surface area contributed by atoms with E-state index in [4.69, 9.17) is 15.9 Å². The van der Waals surface area contributed by atoms with Crippen LogP contribution in [0.5, 0.6) is 0 Å². The minimum atomic E-state index is -3.63. The second kappa shape index (κ2) is 11.0. The third kappa shape index (κ3) is 6.45. The van der Waals surface area contributed by atoms with Crippen molar-refractivity contribution < 1.29 is 17.9 Å². The van der Waals surface area contributed by atoms with Gasteiger partial charge in [0.1, 0.15) is 18.2 Å². The van der Waals surface area contributed by atoms with E-state index < -0.39 is 22.0 Å². The number of esters is 1. The Morgan fingerprint density at radius 1 is 1.21 bits per heavy atom. The Labute approximate surface area is 197 Å². The summed E-state index contributed by atoms with van der Waals surface area (Å²) < 4.78 is 33.3. The van der Waals surface area contributed by atoms with Gasteiger partial charge in [0.2, 0.25) is 10.0 Å². The Kier molecular flexibility index (Phi) is 8.08. The van der Waals surface area contributed by atoms with Crippen molar-refractivity contribution in [2.75, 3.05) is 12.9 Å². The van der Waals surface area contributed by atoms with Crippen LogP contribution in [-0.2, 0) is 26.0 Å². The molecule has 11 nitrogen and oxygen atoms in total. The van der Waals surface area contributed by atoms with Crippen molar-refractivity contribution in [1.82, 2.24) is 24.5 Å². The molecule has 3 rings (SSSR count). The molecule has 2 aromatic heterocycles. The molecule has 1 aromatic carbocycles. The van der Waals surface area contributed by atoms with Crippen molar-refractivity contribution in [2.24, 2.45) is 5.73 Å². The number of nitrogens with zero attached hydrogens (tertiary/aromatic N) is 4. The molecule has 3 aromatic rings. The van der Waals surface area contributed by atoms with Crippen LogP contribution in [0.4, 0.5) is 0 Å². The van der Waals surface area contributed by atoms with Gasteiger partial charge in [0.25, 0.3) is 0 Å². The number of imidazole rings is 1. The molecule has 0 saturated carbocycles. The lowest BCUT2D eigenvalue weighted by Gasteiger charge is -2.15. The lowest BCUT2D eigenvalue weighted by atomic mass is 10.1. The first-order valence-electron chi connectivity index (χ1n) is 10.6. The Balaban J connectivity index is 1.73. The number of benzene rings is 1. The lowest BCUT2D eigenvalue weighted by molar-refractivity contribution is -0.142. The maximum absolute atomic E-state index is 12.3. The Morgan fingerprint density at radius 2 is 1.94 bits per heavy atom. The van der Waals surface area contributed by atoms with E-state index in [0.29, 0.717) is 29.2 Å². The fraction of sp³-hybridized carbons (Fsp3) is 0.318. The first-order valence-corrected chi connectivity index (χ1v) is 12.3. The first-order chi connectivity index (χ1) is 16.2. The predicted molar refractivity (Wildman–Crippen MR) is 127 cm³/mol. The molecular weight excluding hydrogens is 458 g/mol. The summed E-state index contributed by atoms with van der Waals surface area (Å²) in [5, 5.41) is 15.9. The van der Waals surface area contributed by atoms with Gasteiger partial charge in [-0.25, -0.2) is 18.1 Å². The summed E-state index contributed by atoms with van der Waals surface area (Å²) in [7, 11) is -2.42. The van der Waals surface area contributed by atoms with Crippen LogP contribution in [0.15, 0.2) is 48.9 Å². The van der Waals surface area contributed by atoms with Crippen molar-refractivity contribution in [1.29, 1.82) is 5.41 Å². The fourth-order valence-electron chi connectivity index (χ4n) is 3.17. The van der Waals surface area contributed by atoms with Crippen LogP contribution in [0.25, 0.3) is 17.1 Å². The second-order valence-corrected chi connectivity index (χ2v) is 9.48. The lowest BCUT2D eigenvalue weighted by Crippen LogP contribution is -2.44. The number of sulfonamides is 1. The highest BCUT2D eigenvalue weighted by Gasteiger charge is 2.26. The van der Waals surface area contributed by atoms with Gasteiger partial charge in [-0.3, -0.25) is 14.8 Å². The van der Waals surface area contributed by atoms with Crippen molar-refractivity contribution in [3.63, 3.8) is 0 Å². The molecule has 0 saturated heterocycles. The molecule has 34 heavy (non-hydrogen) atoms. The molecule has 0 spiro atoms. The summed E-state index contributed by atoms with van der Waals surface area (Å²) in [6, 6.07) is 9.57. The highest BCUT2D eigenvalue weighted by molar-refractivity contribution is 7.89. The Hall–Kier alpha value is -3.64. The largest absolute Gasteiger partial charge is 0.468 e. The van der Waals surface area contributed by atoms with Crippen LogP contribution < -0.4 is 10.5 Å². The summed E-state index contributed by atoms with van der Waals surface area (Å²) in [6.45, 7) is 1.89. The number of hydrogen-bond donors (Lipinski definition) is 3. The van der Waals surface area contributed by atoms with Gasteiger partial charge in [0, 0.05) is 23.7 Å². The molecule has 0 bridgehead atoms. The summed E-state index contributed by atoms with van der Waals surface area (Å²) in [4.78, 5) is 16.4. The quantitative estimate of drug-likeness (QED) is 0.208. The SMILES string of the molecule is CCCCS(=O)(=O)NC(Cc1cn(-c2ccc(-c3ccc(C(=N)N)cc3)nn2)cn1)C(=O)OC. The number of ether oxygens (including phenoxy) is 1. The normalized spacial score (nSPS) is 12.3. The molecule has 0 aliphatic heterocycles. The standard InChI is InChI=1S/C22H27N7O4S/c1-3-4-11-34(31,32)28-19(22(30)33-2)12-17-13-29(14-25-17)20-10-9-18(26-27-20)15-5-7-16(8-6-15)21(23)24/h5-10,13-14,19,28H,3-4,11-12H2,1-2H3,(H3,23,24). The van der Waals surface area contributed by atoms with Gasteiger partial charge in [0.05, 0.1) is 24.3 Å². The molecule has 0 fully saturated rings. The molecule has 1 atom stereocenters. The highest BCUT2D eigenvalue weighted by Crippen LogP contribution is 2.18. The fourth-order valence-corrected chi connectivity index (χ4v) is 4.57. The summed E-state index contributed by atoms with van der Waals surface area (Å²) in [5.41, 5.74) is 8.06. The van der Waals surface area contributed by atoms with Crippen LogP contribution >= 0.6 is 0 Å². The topological polar surface area (TPSA) is 166 Å². The van der Waals surface area contributed by atoms with Gasteiger partial charge in [0.15, 0.2) is 5.82 Å². The first kappa shape index (κ1) is 25.0.